The highest BCUT2D eigenvalue weighted by atomic mass is 19.1. The second kappa shape index (κ2) is 8.01. The van der Waals surface area contributed by atoms with Crippen LogP contribution in [0, 0.1) is 11.6 Å². The molecule has 0 aliphatic heterocycles. The van der Waals surface area contributed by atoms with Gasteiger partial charge in [-0.2, -0.15) is 0 Å². The zero-order valence-electron chi connectivity index (χ0n) is 12.9. The van der Waals surface area contributed by atoms with E-state index in [1.165, 1.54) is 6.08 Å². The molecule has 0 spiro atoms. The Bertz CT molecular complexity index is 750. The lowest BCUT2D eigenvalue weighted by atomic mass is 10.1. The molecular weight excluding hydrogens is 316 g/mol. The van der Waals surface area contributed by atoms with Gasteiger partial charge in [0.15, 0.2) is 0 Å². The van der Waals surface area contributed by atoms with Crippen LogP contribution in [0.25, 0.3) is 6.08 Å². The van der Waals surface area contributed by atoms with Crippen LogP contribution in [0.4, 0.5) is 14.5 Å². The lowest BCUT2D eigenvalue weighted by molar-refractivity contribution is -0.137. The van der Waals surface area contributed by atoms with Crippen LogP contribution in [-0.4, -0.2) is 18.5 Å². The van der Waals surface area contributed by atoms with Crippen LogP contribution < -0.4 is 5.32 Å². The summed E-state index contributed by atoms with van der Waals surface area (Å²) in [5, 5.41) is 2.54. The fourth-order valence-electron chi connectivity index (χ4n) is 1.92. The van der Waals surface area contributed by atoms with Gasteiger partial charge in [0.25, 0.3) is 5.91 Å². The van der Waals surface area contributed by atoms with Gasteiger partial charge in [-0.25, -0.2) is 13.6 Å². The van der Waals surface area contributed by atoms with E-state index in [2.05, 4.69) is 5.32 Å². The molecule has 6 heteroatoms. The van der Waals surface area contributed by atoms with Crippen molar-refractivity contribution in [3.63, 3.8) is 0 Å². The number of carbonyl (C=O) groups is 2. The number of nitrogens with one attached hydrogen (secondary N) is 1. The average Bonchev–Trinajstić information content (AvgIpc) is 2.53. The molecule has 0 aliphatic carbocycles. The maximum absolute atomic E-state index is 13.1. The van der Waals surface area contributed by atoms with Crippen LogP contribution in [0.15, 0.2) is 48.5 Å². The number of amides is 1. The molecule has 2 aromatic rings. The van der Waals surface area contributed by atoms with Gasteiger partial charge in [-0.3, -0.25) is 4.79 Å². The molecule has 0 radical (unpaired) electrons. The average molecular weight is 331 g/mol. The van der Waals surface area contributed by atoms with Crippen molar-refractivity contribution in [3.05, 3.63) is 71.3 Å². The Balaban J connectivity index is 2.03. The number of benzene rings is 2. The summed E-state index contributed by atoms with van der Waals surface area (Å²) in [7, 11) is 0. The van der Waals surface area contributed by atoms with E-state index in [9.17, 15) is 18.4 Å². The predicted octanol–water partition coefficient (Wildman–Crippen LogP) is 3.79. The monoisotopic (exact) mass is 331 g/mol. The van der Waals surface area contributed by atoms with Crippen LogP contribution in [0.1, 0.15) is 22.8 Å². The van der Waals surface area contributed by atoms with E-state index in [0.717, 1.165) is 17.7 Å². The van der Waals surface area contributed by atoms with E-state index in [1.807, 2.05) is 0 Å². The Morgan fingerprint density at radius 2 is 1.71 bits per heavy atom. The quantitative estimate of drug-likeness (QED) is 0.670. The highest BCUT2D eigenvalue weighted by Crippen LogP contribution is 2.14. The van der Waals surface area contributed by atoms with E-state index in [0.29, 0.717) is 18.4 Å². The standard InChI is InChI=1S/C18H15F2NO3/c1-2-24-17(22)8-5-12-3-6-16(7-4-12)21-18(23)13-9-14(19)11-15(20)10-13/h3-11H,2H2,1H3,(H,21,23)/b8-5+. The molecule has 24 heavy (non-hydrogen) atoms. The summed E-state index contributed by atoms with van der Waals surface area (Å²) in [5.74, 6) is -2.70. The molecule has 0 saturated carbocycles. The predicted molar refractivity (Wildman–Crippen MR) is 86.4 cm³/mol. The van der Waals surface area contributed by atoms with Crippen molar-refractivity contribution in [2.75, 3.05) is 11.9 Å². The molecule has 0 saturated heterocycles. The Hall–Kier alpha value is -3.02. The van der Waals surface area contributed by atoms with Crippen LogP contribution >= 0.6 is 0 Å². The fraction of sp³-hybridized carbons (Fsp3) is 0.111. The zero-order chi connectivity index (χ0) is 17.5. The molecule has 0 fully saturated rings. The largest absolute Gasteiger partial charge is 0.463 e. The van der Waals surface area contributed by atoms with E-state index in [4.69, 9.17) is 4.74 Å². The number of anilines is 1. The SMILES string of the molecule is CCOC(=O)/C=C/c1ccc(NC(=O)c2cc(F)cc(F)c2)cc1. The summed E-state index contributed by atoms with van der Waals surface area (Å²) < 4.78 is 31.0. The summed E-state index contributed by atoms with van der Waals surface area (Å²) >= 11 is 0. The smallest absolute Gasteiger partial charge is 0.330 e. The molecule has 0 heterocycles. The third kappa shape index (κ3) is 5.01. The number of hydrogen-bond acceptors (Lipinski definition) is 3. The first-order valence-electron chi connectivity index (χ1n) is 7.20. The van der Waals surface area contributed by atoms with Gasteiger partial charge in [-0.15, -0.1) is 0 Å². The zero-order valence-corrected chi connectivity index (χ0v) is 12.9. The van der Waals surface area contributed by atoms with Gasteiger partial charge in [0, 0.05) is 23.4 Å². The van der Waals surface area contributed by atoms with Crippen molar-refractivity contribution < 1.29 is 23.1 Å². The Kier molecular flexibility index (Phi) is 5.78. The molecule has 0 aromatic heterocycles. The van der Waals surface area contributed by atoms with Crippen LogP contribution in [0.5, 0.6) is 0 Å². The van der Waals surface area contributed by atoms with Gasteiger partial charge < -0.3 is 10.1 Å². The number of halogens is 2. The van der Waals surface area contributed by atoms with Gasteiger partial charge in [0.05, 0.1) is 6.61 Å². The van der Waals surface area contributed by atoms with Gasteiger partial charge in [0.1, 0.15) is 11.6 Å². The van der Waals surface area contributed by atoms with Crippen molar-refractivity contribution in [1.82, 2.24) is 0 Å². The summed E-state index contributed by atoms with van der Waals surface area (Å²) in [5.41, 5.74) is 1.08. The van der Waals surface area contributed by atoms with Crippen molar-refractivity contribution in [1.29, 1.82) is 0 Å². The van der Waals surface area contributed by atoms with Gasteiger partial charge in [-0.05, 0) is 42.8 Å². The Morgan fingerprint density at radius 1 is 1.08 bits per heavy atom. The third-order valence-electron chi connectivity index (χ3n) is 2.99. The topological polar surface area (TPSA) is 55.4 Å². The summed E-state index contributed by atoms with van der Waals surface area (Å²) in [4.78, 5) is 23.2. The van der Waals surface area contributed by atoms with Crippen molar-refractivity contribution >= 4 is 23.6 Å². The van der Waals surface area contributed by atoms with Crippen LogP contribution in [0.2, 0.25) is 0 Å². The Labute approximate surface area is 137 Å². The van der Waals surface area contributed by atoms with E-state index in [-0.39, 0.29) is 5.56 Å². The second-order valence-corrected chi connectivity index (χ2v) is 4.82. The lowest BCUT2D eigenvalue weighted by Crippen LogP contribution is -2.12. The number of carbonyl (C=O) groups excluding carboxylic acids is 2. The maximum Gasteiger partial charge on any atom is 0.330 e. The first-order valence-corrected chi connectivity index (χ1v) is 7.20. The molecule has 2 rings (SSSR count). The summed E-state index contributed by atoms with van der Waals surface area (Å²) in [6, 6.07) is 9.18. The number of rotatable bonds is 5. The molecule has 0 atom stereocenters. The maximum atomic E-state index is 13.1. The van der Waals surface area contributed by atoms with Crippen molar-refractivity contribution in [3.8, 4) is 0 Å². The van der Waals surface area contributed by atoms with Crippen LogP contribution in [0.3, 0.4) is 0 Å². The molecular formula is C18H15F2NO3. The third-order valence-corrected chi connectivity index (χ3v) is 2.99. The second-order valence-electron chi connectivity index (χ2n) is 4.82. The number of esters is 1. The van der Waals surface area contributed by atoms with Gasteiger partial charge in [-0.1, -0.05) is 12.1 Å². The minimum Gasteiger partial charge on any atom is -0.463 e. The molecule has 1 N–H and O–H groups in total. The minimum absolute atomic E-state index is 0.112. The summed E-state index contributed by atoms with van der Waals surface area (Å²) in [6.07, 6.45) is 2.87. The Morgan fingerprint density at radius 3 is 2.29 bits per heavy atom. The number of hydrogen-bond donors (Lipinski definition) is 1. The van der Waals surface area contributed by atoms with Crippen molar-refractivity contribution in [2.24, 2.45) is 0 Å². The molecule has 124 valence electrons. The van der Waals surface area contributed by atoms with Gasteiger partial charge in [0.2, 0.25) is 0 Å². The van der Waals surface area contributed by atoms with Crippen LogP contribution in [-0.2, 0) is 9.53 Å². The lowest BCUT2D eigenvalue weighted by Gasteiger charge is -2.06. The highest BCUT2D eigenvalue weighted by Gasteiger charge is 2.09. The molecule has 2 aromatic carbocycles. The molecule has 0 unspecified atom stereocenters. The van der Waals surface area contributed by atoms with E-state index >= 15 is 0 Å². The summed E-state index contributed by atoms with van der Waals surface area (Å²) in [6.45, 7) is 2.02. The molecule has 4 nitrogen and oxygen atoms in total. The molecule has 1 amide bonds. The van der Waals surface area contributed by atoms with Gasteiger partial charge >= 0.3 is 5.97 Å². The van der Waals surface area contributed by atoms with E-state index in [1.54, 1.807) is 37.3 Å². The van der Waals surface area contributed by atoms with Crippen molar-refractivity contribution in [2.45, 2.75) is 6.92 Å². The molecule has 0 bridgehead atoms. The number of ether oxygens (including phenoxy) is 1. The fourth-order valence-corrected chi connectivity index (χ4v) is 1.92. The first kappa shape index (κ1) is 17.3. The normalized spacial score (nSPS) is 10.6. The first-order chi connectivity index (χ1) is 11.5. The van der Waals surface area contributed by atoms with E-state index < -0.39 is 23.5 Å². The molecule has 0 aliphatic rings. The highest BCUT2D eigenvalue weighted by molar-refractivity contribution is 6.04. The minimum atomic E-state index is -0.820.